The minimum atomic E-state index is 0.141. The van der Waals surface area contributed by atoms with Crippen LogP contribution in [0.15, 0.2) is 30.3 Å². The van der Waals surface area contributed by atoms with E-state index in [0.29, 0.717) is 11.0 Å². The van der Waals surface area contributed by atoms with Gasteiger partial charge in [-0.1, -0.05) is 23.7 Å². The summed E-state index contributed by atoms with van der Waals surface area (Å²) in [5.41, 5.74) is 1.75. The smallest absolute Gasteiger partial charge is 0.161 e. The molecule has 0 aliphatic heterocycles. The molecule has 3 nitrogen and oxygen atoms in total. The number of nitrogens with zero attached hydrogens (tertiary/aromatic N) is 2. The largest absolute Gasteiger partial charge is 0.491 e. The van der Waals surface area contributed by atoms with Crippen LogP contribution in [0.25, 0.3) is 11.4 Å². The van der Waals surface area contributed by atoms with E-state index in [-0.39, 0.29) is 6.10 Å². The van der Waals surface area contributed by atoms with E-state index in [2.05, 4.69) is 9.97 Å². The van der Waals surface area contributed by atoms with Crippen LogP contribution in [-0.2, 0) is 0 Å². The third kappa shape index (κ3) is 3.20. The van der Waals surface area contributed by atoms with E-state index in [1.165, 1.54) is 0 Å². The van der Waals surface area contributed by atoms with Crippen LogP contribution in [0.4, 0.5) is 0 Å². The minimum absolute atomic E-state index is 0.141. The summed E-state index contributed by atoms with van der Waals surface area (Å²) in [6.07, 6.45) is 0.141. The van der Waals surface area contributed by atoms with Crippen molar-refractivity contribution in [2.75, 3.05) is 0 Å². The van der Waals surface area contributed by atoms with Crippen LogP contribution in [0.2, 0.25) is 5.15 Å². The first-order valence-corrected chi connectivity index (χ1v) is 6.20. The molecule has 2 aromatic rings. The molecule has 0 fully saturated rings. The second kappa shape index (κ2) is 5.36. The monoisotopic (exact) mass is 262 g/mol. The van der Waals surface area contributed by atoms with Crippen LogP contribution in [0.5, 0.6) is 5.75 Å². The van der Waals surface area contributed by atoms with Crippen molar-refractivity contribution in [2.24, 2.45) is 0 Å². The molecule has 1 aromatic carbocycles. The molecule has 94 valence electrons. The molecule has 0 saturated carbocycles. The molecule has 0 radical (unpaired) electrons. The zero-order valence-electron chi connectivity index (χ0n) is 10.6. The standard InChI is InChI=1S/C14H15ClN2O/c1-9(2)18-12-6-4-5-11(8-12)14-16-10(3)7-13(15)17-14/h4-9H,1-3H3. The van der Waals surface area contributed by atoms with Crippen LogP contribution in [0.1, 0.15) is 19.5 Å². The van der Waals surface area contributed by atoms with Crippen LogP contribution in [0.3, 0.4) is 0 Å². The van der Waals surface area contributed by atoms with Crippen LogP contribution < -0.4 is 4.74 Å². The molecule has 2 rings (SSSR count). The number of benzene rings is 1. The summed E-state index contributed by atoms with van der Waals surface area (Å²) in [5, 5.41) is 0.452. The van der Waals surface area contributed by atoms with Gasteiger partial charge >= 0.3 is 0 Å². The van der Waals surface area contributed by atoms with Gasteiger partial charge in [0.2, 0.25) is 0 Å². The average Bonchev–Trinajstić information content (AvgIpc) is 2.27. The zero-order valence-corrected chi connectivity index (χ0v) is 11.4. The lowest BCUT2D eigenvalue weighted by Crippen LogP contribution is -2.05. The molecule has 18 heavy (non-hydrogen) atoms. The van der Waals surface area contributed by atoms with Gasteiger partial charge < -0.3 is 4.74 Å². The van der Waals surface area contributed by atoms with Crippen molar-refractivity contribution in [3.05, 3.63) is 41.2 Å². The number of hydrogen-bond acceptors (Lipinski definition) is 3. The third-order valence-electron chi connectivity index (χ3n) is 2.29. The third-order valence-corrected chi connectivity index (χ3v) is 2.48. The molecule has 0 aliphatic rings. The van der Waals surface area contributed by atoms with Crippen LogP contribution in [0, 0.1) is 6.92 Å². The van der Waals surface area contributed by atoms with Crippen molar-refractivity contribution in [3.8, 4) is 17.1 Å². The van der Waals surface area contributed by atoms with Gasteiger partial charge in [0.25, 0.3) is 0 Å². The summed E-state index contributed by atoms with van der Waals surface area (Å²) in [7, 11) is 0. The summed E-state index contributed by atoms with van der Waals surface area (Å²) in [6, 6.07) is 9.44. The van der Waals surface area contributed by atoms with E-state index in [1.54, 1.807) is 6.07 Å². The number of rotatable bonds is 3. The molecular formula is C14H15ClN2O. The van der Waals surface area contributed by atoms with E-state index in [9.17, 15) is 0 Å². The summed E-state index contributed by atoms with van der Waals surface area (Å²) < 4.78 is 5.65. The molecule has 0 spiro atoms. The Hall–Kier alpha value is -1.61. The topological polar surface area (TPSA) is 35.0 Å². The van der Waals surface area contributed by atoms with Crippen molar-refractivity contribution in [3.63, 3.8) is 0 Å². The molecule has 0 N–H and O–H groups in total. The highest BCUT2D eigenvalue weighted by Gasteiger charge is 2.06. The second-order valence-corrected chi connectivity index (χ2v) is 4.74. The van der Waals surface area contributed by atoms with Gasteiger partial charge in [0.05, 0.1) is 6.10 Å². The Labute approximate surface area is 112 Å². The lowest BCUT2D eigenvalue weighted by atomic mass is 10.2. The van der Waals surface area contributed by atoms with Gasteiger partial charge in [0, 0.05) is 11.3 Å². The maximum Gasteiger partial charge on any atom is 0.161 e. The molecule has 1 heterocycles. The lowest BCUT2D eigenvalue weighted by Gasteiger charge is -2.10. The summed E-state index contributed by atoms with van der Waals surface area (Å²) in [6.45, 7) is 5.88. The fourth-order valence-corrected chi connectivity index (χ4v) is 1.88. The molecule has 0 atom stereocenters. The Morgan fingerprint density at radius 2 is 1.94 bits per heavy atom. The van der Waals surface area contributed by atoms with Crippen molar-refractivity contribution in [1.29, 1.82) is 0 Å². The predicted octanol–water partition coefficient (Wildman–Crippen LogP) is 3.89. The molecule has 4 heteroatoms. The number of aryl methyl sites for hydroxylation is 1. The quantitative estimate of drug-likeness (QED) is 0.787. The highest BCUT2D eigenvalue weighted by molar-refractivity contribution is 6.29. The Morgan fingerprint density at radius 1 is 1.17 bits per heavy atom. The lowest BCUT2D eigenvalue weighted by molar-refractivity contribution is 0.242. The number of ether oxygens (including phenoxy) is 1. The SMILES string of the molecule is Cc1cc(Cl)nc(-c2cccc(OC(C)C)c2)n1. The number of halogens is 1. The average molecular weight is 263 g/mol. The molecule has 0 saturated heterocycles. The molecule has 0 amide bonds. The fraction of sp³-hybridized carbons (Fsp3) is 0.286. The van der Waals surface area contributed by atoms with E-state index >= 15 is 0 Å². The van der Waals surface area contributed by atoms with Gasteiger partial charge in [-0.3, -0.25) is 0 Å². The summed E-state index contributed by atoms with van der Waals surface area (Å²) >= 11 is 5.94. The Balaban J connectivity index is 2.38. The Morgan fingerprint density at radius 3 is 2.61 bits per heavy atom. The van der Waals surface area contributed by atoms with Gasteiger partial charge in [-0.05, 0) is 39.0 Å². The summed E-state index contributed by atoms with van der Waals surface area (Å²) in [4.78, 5) is 8.60. The highest BCUT2D eigenvalue weighted by Crippen LogP contribution is 2.23. The maximum atomic E-state index is 5.94. The second-order valence-electron chi connectivity index (χ2n) is 4.35. The van der Waals surface area contributed by atoms with E-state index in [1.807, 2.05) is 45.0 Å². The molecular weight excluding hydrogens is 248 g/mol. The first-order valence-electron chi connectivity index (χ1n) is 5.83. The first kappa shape index (κ1) is 12.8. The maximum absolute atomic E-state index is 5.94. The Kier molecular flexibility index (Phi) is 3.82. The van der Waals surface area contributed by atoms with Crippen molar-refractivity contribution in [1.82, 2.24) is 9.97 Å². The zero-order chi connectivity index (χ0) is 13.1. The Bertz CT molecular complexity index is 535. The van der Waals surface area contributed by atoms with Crippen molar-refractivity contribution in [2.45, 2.75) is 26.9 Å². The van der Waals surface area contributed by atoms with E-state index in [4.69, 9.17) is 16.3 Å². The number of hydrogen-bond donors (Lipinski definition) is 0. The first-order chi connectivity index (χ1) is 8.54. The van der Waals surface area contributed by atoms with Gasteiger partial charge in [-0.25, -0.2) is 9.97 Å². The van der Waals surface area contributed by atoms with Crippen LogP contribution >= 0.6 is 11.6 Å². The fourth-order valence-electron chi connectivity index (χ4n) is 1.64. The molecule has 0 unspecified atom stereocenters. The van der Waals surface area contributed by atoms with Crippen molar-refractivity contribution < 1.29 is 4.74 Å². The van der Waals surface area contributed by atoms with Gasteiger partial charge in [-0.15, -0.1) is 0 Å². The predicted molar refractivity (Wildman–Crippen MR) is 73.0 cm³/mol. The van der Waals surface area contributed by atoms with Crippen molar-refractivity contribution >= 4 is 11.6 Å². The summed E-state index contributed by atoms with van der Waals surface area (Å²) in [5.74, 6) is 1.43. The minimum Gasteiger partial charge on any atom is -0.491 e. The van der Waals surface area contributed by atoms with Gasteiger partial charge in [0.15, 0.2) is 5.82 Å². The highest BCUT2D eigenvalue weighted by atomic mass is 35.5. The van der Waals surface area contributed by atoms with E-state index < -0.39 is 0 Å². The molecule has 0 aliphatic carbocycles. The van der Waals surface area contributed by atoms with E-state index in [0.717, 1.165) is 17.0 Å². The number of aromatic nitrogens is 2. The molecule has 0 bridgehead atoms. The van der Waals surface area contributed by atoms with Gasteiger partial charge in [0.1, 0.15) is 10.9 Å². The molecule has 1 aromatic heterocycles. The van der Waals surface area contributed by atoms with Crippen LogP contribution in [-0.4, -0.2) is 16.1 Å². The van der Waals surface area contributed by atoms with Gasteiger partial charge in [-0.2, -0.15) is 0 Å². The normalized spacial score (nSPS) is 10.7.